The summed E-state index contributed by atoms with van der Waals surface area (Å²) in [6, 6.07) is 23.5. The summed E-state index contributed by atoms with van der Waals surface area (Å²) in [6.45, 7) is 3.80. The highest BCUT2D eigenvalue weighted by atomic mass is 16.6. The lowest BCUT2D eigenvalue weighted by Gasteiger charge is -2.25. The zero-order valence-corrected chi connectivity index (χ0v) is 22.6. The van der Waals surface area contributed by atoms with Gasteiger partial charge in [-0.3, -0.25) is 9.88 Å². The van der Waals surface area contributed by atoms with Crippen LogP contribution >= 0.6 is 0 Å². The van der Waals surface area contributed by atoms with Gasteiger partial charge in [-0.2, -0.15) is 0 Å². The second-order valence-electron chi connectivity index (χ2n) is 9.28. The van der Waals surface area contributed by atoms with Crippen molar-refractivity contribution >= 4 is 6.09 Å². The summed E-state index contributed by atoms with van der Waals surface area (Å²) < 4.78 is 11.2. The summed E-state index contributed by atoms with van der Waals surface area (Å²) in [4.78, 5) is 19.7. The lowest BCUT2D eigenvalue weighted by atomic mass is 9.90. The molecule has 8 nitrogen and oxygen atoms in total. The normalized spacial score (nSPS) is 10.8. The molecule has 0 aliphatic rings. The Hall–Kier alpha value is -4.40. The highest BCUT2D eigenvalue weighted by Crippen LogP contribution is 2.36. The summed E-state index contributed by atoms with van der Waals surface area (Å²) >= 11 is 0. The molecule has 40 heavy (non-hydrogen) atoms. The Kier molecular flexibility index (Phi) is 10.1. The molecule has 1 amide bonds. The lowest BCUT2D eigenvalue weighted by Crippen LogP contribution is -2.35. The highest BCUT2D eigenvalue weighted by Gasteiger charge is 2.22. The van der Waals surface area contributed by atoms with Crippen LogP contribution in [0, 0.1) is 0 Å². The van der Waals surface area contributed by atoms with Crippen molar-refractivity contribution in [2.24, 2.45) is 5.73 Å². The Bertz CT molecular complexity index is 1380. The number of ether oxygens (including phenoxy) is 2. The van der Waals surface area contributed by atoms with Crippen LogP contribution in [0.1, 0.15) is 23.7 Å². The van der Waals surface area contributed by atoms with Gasteiger partial charge < -0.3 is 25.4 Å². The number of hydrogen-bond donors (Lipinski definition) is 3. The third kappa shape index (κ3) is 7.37. The summed E-state index contributed by atoms with van der Waals surface area (Å²) in [6.07, 6.45) is 2.03. The number of rotatable bonds is 12. The Balaban J connectivity index is 1.71. The van der Waals surface area contributed by atoms with E-state index in [-0.39, 0.29) is 24.7 Å². The molecule has 1 aromatic heterocycles. The maximum Gasteiger partial charge on any atom is 0.410 e. The molecule has 8 heteroatoms. The fraction of sp³-hybridized carbons (Fsp3) is 0.250. The smallest absolute Gasteiger partial charge is 0.410 e. The van der Waals surface area contributed by atoms with Crippen LogP contribution in [-0.2, 0) is 29.0 Å². The Morgan fingerprint density at radius 3 is 2.17 bits per heavy atom. The second-order valence-corrected chi connectivity index (χ2v) is 9.28. The number of aromatic hydroxyl groups is 2. The molecule has 0 radical (unpaired) electrons. The van der Waals surface area contributed by atoms with Gasteiger partial charge in [-0.25, -0.2) is 4.79 Å². The number of pyridine rings is 1. The molecule has 0 aliphatic carbocycles. The quantitative estimate of drug-likeness (QED) is 0.203. The maximum absolute atomic E-state index is 13.3. The molecule has 0 unspecified atom stereocenters. The van der Waals surface area contributed by atoms with Crippen molar-refractivity contribution in [2.75, 3.05) is 26.3 Å². The van der Waals surface area contributed by atoms with Crippen LogP contribution in [0.2, 0.25) is 0 Å². The lowest BCUT2D eigenvalue weighted by molar-refractivity contribution is 0.0701. The largest absolute Gasteiger partial charge is 0.508 e. The standard InChI is InChI=1S/C32H35N3O5/c1-2-28-29(24-8-12-26(36)13-9-24)20-34-30(31(28)25-10-14-27(37)15-11-25)21-35(17-19-39-18-16-33)32(38)40-22-23-6-4-3-5-7-23/h3-15,20,36-37H,2,16-19,21-22,33H2,1H3. The van der Waals surface area contributed by atoms with Crippen LogP contribution in [-0.4, -0.2) is 52.5 Å². The van der Waals surface area contributed by atoms with Crippen LogP contribution in [0.3, 0.4) is 0 Å². The van der Waals surface area contributed by atoms with Crippen molar-refractivity contribution in [1.29, 1.82) is 0 Å². The van der Waals surface area contributed by atoms with Crippen molar-refractivity contribution in [1.82, 2.24) is 9.88 Å². The highest BCUT2D eigenvalue weighted by molar-refractivity contribution is 5.80. The van der Waals surface area contributed by atoms with Gasteiger partial charge in [-0.05, 0) is 52.9 Å². The Morgan fingerprint density at radius 2 is 1.55 bits per heavy atom. The molecule has 0 bridgehead atoms. The van der Waals surface area contributed by atoms with Gasteiger partial charge in [-0.15, -0.1) is 0 Å². The van der Waals surface area contributed by atoms with Gasteiger partial charge in [0.15, 0.2) is 0 Å². The van der Waals surface area contributed by atoms with Crippen LogP contribution < -0.4 is 5.73 Å². The fourth-order valence-electron chi connectivity index (χ4n) is 4.53. The number of phenols is 2. The first-order valence-corrected chi connectivity index (χ1v) is 13.3. The fourth-order valence-corrected chi connectivity index (χ4v) is 4.53. The van der Waals surface area contributed by atoms with E-state index in [0.717, 1.165) is 33.4 Å². The maximum atomic E-state index is 13.3. The van der Waals surface area contributed by atoms with Crippen molar-refractivity contribution < 1.29 is 24.5 Å². The zero-order chi connectivity index (χ0) is 28.3. The molecule has 0 aliphatic heterocycles. The number of hydrogen-bond acceptors (Lipinski definition) is 7. The molecule has 4 rings (SSSR count). The second kappa shape index (κ2) is 14.1. The predicted octanol–water partition coefficient (Wildman–Crippen LogP) is 5.50. The van der Waals surface area contributed by atoms with E-state index in [9.17, 15) is 15.0 Å². The SMILES string of the molecule is CCc1c(-c2ccc(O)cc2)cnc(CN(CCOCCN)C(=O)OCc2ccccc2)c1-c1ccc(O)cc1. The van der Waals surface area contributed by atoms with Crippen molar-refractivity contribution in [3.8, 4) is 33.8 Å². The van der Waals surface area contributed by atoms with Crippen LogP contribution in [0.25, 0.3) is 22.3 Å². The van der Waals surface area contributed by atoms with E-state index in [1.807, 2.05) is 60.8 Å². The molecule has 0 saturated heterocycles. The van der Waals surface area contributed by atoms with Gasteiger partial charge in [0.05, 0.1) is 25.5 Å². The van der Waals surface area contributed by atoms with Crippen LogP contribution in [0.15, 0.2) is 85.1 Å². The monoisotopic (exact) mass is 541 g/mol. The number of nitrogens with zero attached hydrogens (tertiary/aromatic N) is 2. The number of benzene rings is 3. The molecule has 1 heterocycles. The first kappa shape index (κ1) is 28.6. The van der Waals surface area contributed by atoms with E-state index in [1.165, 1.54) is 0 Å². The van der Waals surface area contributed by atoms with Crippen molar-refractivity contribution in [2.45, 2.75) is 26.5 Å². The minimum atomic E-state index is -0.473. The first-order valence-electron chi connectivity index (χ1n) is 13.3. The number of carbonyl (C=O) groups is 1. The molecule has 4 aromatic rings. The number of carbonyl (C=O) groups excluding carboxylic acids is 1. The molecule has 0 saturated carbocycles. The van der Waals surface area contributed by atoms with Gasteiger partial charge in [-0.1, -0.05) is 61.5 Å². The minimum absolute atomic E-state index is 0.151. The van der Waals surface area contributed by atoms with Gasteiger partial charge >= 0.3 is 6.09 Å². The number of phenolic OH excluding ortho intramolecular Hbond substituents is 2. The van der Waals surface area contributed by atoms with Crippen molar-refractivity contribution in [3.05, 3.63) is 102 Å². The molecule has 0 atom stereocenters. The van der Waals surface area contributed by atoms with Gasteiger partial charge in [0, 0.05) is 30.4 Å². The third-order valence-corrected chi connectivity index (χ3v) is 6.52. The van der Waals surface area contributed by atoms with Gasteiger partial charge in [0.25, 0.3) is 0 Å². The van der Waals surface area contributed by atoms with Gasteiger partial charge in [0.2, 0.25) is 0 Å². The van der Waals surface area contributed by atoms with E-state index >= 15 is 0 Å². The van der Waals surface area contributed by atoms with E-state index in [4.69, 9.17) is 20.2 Å². The van der Waals surface area contributed by atoms with Gasteiger partial charge in [0.1, 0.15) is 18.1 Å². The Morgan fingerprint density at radius 1 is 0.900 bits per heavy atom. The molecule has 4 N–H and O–H groups in total. The molecule has 0 fully saturated rings. The van der Waals surface area contributed by atoms with E-state index in [0.29, 0.717) is 38.4 Å². The topological polar surface area (TPSA) is 118 Å². The van der Waals surface area contributed by atoms with Crippen LogP contribution in [0.4, 0.5) is 4.79 Å². The van der Waals surface area contributed by atoms with Crippen LogP contribution in [0.5, 0.6) is 11.5 Å². The predicted molar refractivity (Wildman–Crippen MR) is 155 cm³/mol. The summed E-state index contributed by atoms with van der Waals surface area (Å²) in [5.74, 6) is 0.348. The molecule has 0 spiro atoms. The van der Waals surface area contributed by atoms with E-state index in [1.54, 1.807) is 29.2 Å². The molecule has 3 aromatic carbocycles. The Labute approximate surface area is 234 Å². The number of amides is 1. The van der Waals surface area contributed by atoms with Crippen molar-refractivity contribution in [3.63, 3.8) is 0 Å². The summed E-state index contributed by atoms with van der Waals surface area (Å²) in [5.41, 5.74) is 11.8. The minimum Gasteiger partial charge on any atom is -0.508 e. The molecular weight excluding hydrogens is 506 g/mol. The number of aromatic nitrogens is 1. The first-order chi connectivity index (χ1) is 19.5. The third-order valence-electron chi connectivity index (χ3n) is 6.52. The molecule has 208 valence electrons. The molecular formula is C32H35N3O5. The van der Waals surface area contributed by atoms with E-state index < -0.39 is 6.09 Å². The average Bonchev–Trinajstić information content (AvgIpc) is 2.98. The van der Waals surface area contributed by atoms with E-state index in [2.05, 4.69) is 6.92 Å². The summed E-state index contributed by atoms with van der Waals surface area (Å²) in [5, 5.41) is 19.7. The zero-order valence-electron chi connectivity index (χ0n) is 22.6. The number of nitrogens with two attached hydrogens (primary N) is 1. The summed E-state index contributed by atoms with van der Waals surface area (Å²) in [7, 11) is 0. The average molecular weight is 542 g/mol.